The Bertz CT molecular complexity index is 957. The van der Waals surface area contributed by atoms with E-state index in [0.717, 1.165) is 62.1 Å². The number of unbranched alkanes of at least 4 members (excludes halogenated alkanes) is 1. The zero-order valence-electron chi connectivity index (χ0n) is 22.0. The van der Waals surface area contributed by atoms with Gasteiger partial charge in [0, 0.05) is 11.7 Å². The van der Waals surface area contributed by atoms with Crippen LogP contribution in [0.1, 0.15) is 84.2 Å². The van der Waals surface area contributed by atoms with Crippen molar-refractivity contribution in [2.75, 3.05) is 6.61 Å². The molecular weight excluding hydrogens is 440 g/mol. The van der Waals surface area contributed by atoms with Gasteiger partial charge in [-0.05, 0) is 74.2 Å². The summed E-state index contributed by atoms with van der Waals surface area (Å²) in [6.45, 7) is 14.5. The topological polar surface area (TPSA) is 56.5 Å². The number of aliphatic hydroxyl groups is 1. The van der Waals surface area contributed by atoms with Gasteiger partial charge in [-0.25, -0.2) is 4.98 Å². The summed E-state index contributed by atoms with van der Waals surface area (Å²) in [6.07, 6.45) is 10.9. The molecule has 1 aliphatic carbocycles. The number of nitrogens with zero attached hydrogens (tertiary/aromatic N) is 2. The van der Waals surface area contributed by atoms with Gasteiger partial charge in [-0.1, -0.05) is 46.2 Å². The normalized spacial score (nSPS) is 23.4. The second kappa shape index (κ2) is 10.2. The van der Waals surface area contributed by atoms with Crippen molar-refractivity contribution >= 4 is 8.32 Å². The van der Waals surface area contributed by atoms with Gasteiger partial charge in [-0.2, -0.15) is 0 Å². The van der Waals surface area contributed by atoms with Crippen LogP contribution in [-0.4, -0.2) is 41.8 Å². The number of hydrogen-bond acceptors (Lipinski definition) is 4. The number of rotatable bonds is 9. The monoisotopic (exact) mass is 484 g/mol. The highest BCUT2D eigenvalue weighted by molar-refractivity contribution is 6.74. The van der Waals surface area contributed by atoms with Crippen LogP contribution in [0.3, 0.4) is 0 Å². The smallest absolute Gasteiger partial charge is 0.192 e. The van der Waals surface area contributed by atoms with Crippen molar-refractivity contribution in [2.24, 2.45) is 5.92 Å². The van der Waals surface area contributed by atoms with Crippen molar-refractivity contribution in [3.05, 3.63) is 36.3 Å². The Kier molecular flexibility index (Phi) is 7.61. The number of aliphatic hydroxyl groups excluding tert-OH is 1. The predicted octanol–water partition coefficient (Wildman–Crippen LogP) is 6.96. The van der Waals surface area contributed by atoms with Gasteiger partial charge in [0.25, 0.3) is 0 Å². The van der Waals surface area contributed by atoms with E-state index in [0.29, 0.717) is 18.4 Å². The number of imidazole rings is 1. The molecule has 1 aromatic carbocycles. The molecule has 0 radical (unpaired) electrons. The minimum atomic E-state index is -1.75. The van der Waals surface area contributed by atoms with Crippen LogP contribution in [0.4, 0.5) is 0 Å². The van der Waals surface area contributed by atoms with Crippen molar-refractivity contribution < 1.29 is 14.3 Å². The highest BCUT2D eigenvalue weighted by Gasteiger charge is 2.41. The van der Waals surface area contributed by atoms with E-state index in [9.17, 15) is 5.11 Å². The van der Waals surface area contributed by atoms with Crippen LogP contribution in [0.15, 0.2) is 30.7 Å². The summed E-state index contributed by atoms with van der Waals surface area (Å²) in [7, 11) is -1.75. The minimum absolute atomic E-state index is 0.110. The minimum Gasteiger partial charge on any atom is -0.493 e. The van der Waals surface area contributed by atoms with E-state index in [1.165, 1.54) is 5.56 Å². The van der Waals surface area contributed by atoms with Gasteiger partial charge in [0.2, 0.25) is 0 Å². The first kappa shape index (κ1) is 25.5. The molecule has 1 aromatic heterocycles. The third-order valence-corrected chi connectivity index (χ3v) is 13.0. The maximum atomic E-state index is 11.3. The molecule has 2 heterocycles. The Balaban J connectivity index is 1.41. The van der Waals surface area contributed by atoms with E-state index < -0.39 is 8.32 Å². The average Bonchev–Trinajstić information content (AvgIpc) is 3.36. The summed E-state index contributed by atoms with van der Waals surface area (Å²) in [4.78, 5) is 4.43. The van der Waals surface area contributed by atoms with E-state index in [1.807, 2.05) is 12.5 Å². The molecule has 1 saturated carbocycles. The van der Waals surface area contributed by atoms with E-state index in [1.54, 1.807) is 0 Å². The Morgan fingerprint density at radius 3 is 2.59 bits per heavy atom. The van der Waals surface area contributed by atoms with Crippen LogP contribution in [0.5, 0.6) is 5.75 Å². The summed E-state index contributed by atoms with van der Waals surface area (Å²) in [6, 6.07) is 6.45. The molecule has 2 unspecified atom stereocenters. The lowest BCUT2D eigenvalue weighted by molar-refractivity contribution is 0.0364. The molecule has 0 spiro atoms. The lowest BCUT2D eigenvalue weighted by atomic mass is 9.81. The fourth-order valence-electron chi connectivity index (χ4n) is 5.29. The van der Waals surface area contributed by atoms with Crippen molar-refractivity contribution in [3.8, 4) is 17.0 Å². The maximum absolute atomic E-state index is 11.3. The molecule has 0 bridgehead atoms. The molecule has 1 aliphatic heterocycles. The Morgan fingerprint density at radius 1 is 1.18 bits per heavy atom. The number of aromatic nitrogens is 2. The molecule has 0 amide bonds. The number of benzene rings is 1. The average molecular weight is 485 g/mol. The molecule has 1 fully saturated rings. The Morgan fingerprint density at radius 2 is 1.91 bits per heavy atom. The standard InChI is InChI=1S/C28H44N2O3Si/c1-7-8-16-32-26-11-9-10-22-23(30-19-29-18-24(30)27(22)26)17-25(31)20-12-14-21(15-13-20)33-34(5,6)28(2,3)4/h9-11,18-21,23,25,31H,7-8,12-17H2,1-6H3. The zero-order chi connectivity index (χ0) is 24.5. The van der Waals surface area contributed by atoms with Crippen LogP contribution in [0.2, 0.25) is 18.1 Å². The number of hydrogen-bond donors (Lipinski definition) is 1. The third kappa shape index (κ3) is 5.14. The van der Waals surface area contributed by atoms with E-state index >= 15 is 0 Å². The first-order valence-electron chi connectivity index (χ1n) is 13.3. The Hall–Kier alpha value is -1.63. The molecule has 5 nitrogen and oxygen atoms in total. The van der Waals surface area contributed by atoms with Gasteiger partial charge in [0.05, 0.1) is 37.0 Å². The van der Waals surface area contributed by atoms with Crippen LogP contribution in [0, 0.1) is 5.92 Å². The molecule has 6 heteroatoms. The first-order valence-corrected chi connectivity index (χ1v) is 16.2. The second-order valence-corrected chi connectivity index (χ2v) is 16.6. The molecule has 1 N–H and O–H groups in total. The lowest BCUT2D eigenvalue weighted by Crippen LogP contribution is -2.45. The zero-order valence-corrected chi connectivity index (χ0v) is 23.0. The highest BCUT2D eigenvalue weighted by atomic mass is 28.4. The van der Waals surface area contributed by atoms with E-state index in [2.05, 4.69) is 68.5 Å². The first-order chi connectivity index (χ1) is 16.1. The van der Waals surface area contributed by atoms with Crippen LogP contribution in [-0.2, 0) is 4.43 Å². The molecular formula is C28H44N2O3Si. The summed E-state index contributed by atoms with van der Waals surface area (Å²) in [5.74, 6) is 1.27. The van der Waals surface area contributed by atoms with Crippen molar-refractivity contribution in [2.45, 2.75) is 109 Å². The molecule has 188 valence electrons. The summed E-state index contributed by atoms with van der Waals surface area (Å²) < 4.78 is 15.0. The maximum Gasteiger partial charge on any atom is 0.192 e. The highest BCUT2D eigenvalue weighted by Crippen LogP contribution is 2.47. The van der Waals surface area contributed by atoms with Gasteiger partial charge in [-0.3, -0.25) is 0 Å². The fraction of sp³-hybridized carbons (Fsp3) is 0.679. The van der Waals surface area contributed by atoms with Crippen molar-refractivity contribution in [1.29, 1.82) is 0 Å². The van der Waals surface area contributed by atoms with Gasteiger partial charge < -0.3 is 18.8 Å². The van der Waals surface area contributed by atoms with Gasteiger partial charge in [0.1, 0.15) is 5.75 Å². The predicted molar refractivity (Wildman–Crippen MR) is 141 cm³/mol. The van der Waals surface area contributed by atoms with Gasteiger partial charge in [-0.15, -0.1) is 0 Å². The fourth-order valence-corrected chi connectivity index (χ4v) is 6.71. The number of fused-ring (bicyclic) bond motifs is 3. The summed E-state index contributed by atoms with van der Waals surface area (Å²) in [5, 5.41) is 11.6. The van der Waals surface area contributed by atoms with Crippen LogP contribution < -0.4 is 4.74 Å². The van der Waals surface area contributed by atoms with Gasteiger partial charge >= 0.3 is 0 Å². The molecule has 0 saturated heterocycles. The van der Waals surface area contributed by atoms with Crippen molar-refractivity contribution in [1.82, 2.24) is 9.55 Å². The largest absolute Gasteiger partial charge is 0.493 e. The van der Waals surface area contributed by atoms with E-state index in [-0.39, 0.29) is 17.2 Å². The number of ether oxygens (including phenoxy) is 1. The summed E-state index contributed by atoms with van der Waals surface area (Å²) >= 11 is 0. The van der Waals surface area contributed by atoms with Crippen LogP contribution >= 0.6 is 0 Å². The second-order valence-electron chi connectivity index (χ2n) is 11.8. The molecule has 2 aromatic rings. The Labute approximate surface area is 207 Å². The molecule has 2 atom stereocenters. The molecule has 2 aliphatic rings. The quantitative estimate of drug-likeness (QED) is 0.309. The third-order valence-electron chi connectivity index (χ3n) is 8.43. The van der Waals surface area contributed by atoms with Gasteiger partial charge in [0.15, 0.2) is 8.32 Å². The molecule has 4 rings (SSSR count). The lowest BCUT2D eigenvalue weighted by Gasteiger charge is -2.42. The SMILES string of the molecule is CCCCOc1cccc2c1-c1cncn1C2CC(O)C1CCC(O[Si](C)(C)C(C)(C)C)CC1. The molecule has 34 heavy (non-hydrogen) atoms. The summed E-state index contributed by atoms with van der Waals surface area (Å²) in [5.41, 5.74) is 3.51. The van der Waals surface area contributed by atoms with Crippen LogP contribution in [0.25, 0.3) is 11.3 Å². The van der Waals surface area contributed by atoms with Crippen molar-refractivity contribution in [3.63, 3.8) is 0 Å². The van der Waals surface area contributed by atoms with E-state index in [4.69, 9.17) is 9.16 Å².